The van der Waals surface area contributed by atoms with E-state index in [0.29, 0.717) is 17.1 Å². The minimum atomic E-state index is -1.42. The van der Waals surface area contributed by atoms with Gasteiger partial charge in [-0.2, -0.15) is 0 Å². The van der Waals surface area contributed by atoms with Crippen molar-refractivity contribution in [3.8, 4) is 0 Å². The van der Waals surface area contributed by atoms with Crippen molar-refractivity contribution in [2.75, 3.05) is 103 Å². The summed E-state index contributed by atoms with van der Waals surface area (Å²) in [6.45, 7) is -4.16. The smallest absolute Gasteiger partial charge is 0.338 e. The molecule has 0 saturated carbocycles. The number of rotatable bonds is 25. The summed E-state index contributed by atoms with van der Waals surface area (Å²) in [5.41, 5.74) is 23.7. The van der Waals surface area contributed by atoms with Crippen molar-refractivity contribution in [2.24, 2.45) is 11.1 Å². The molecule has 57 heavy (non-hydrogen) atoms. The number of ether oxygens (including phenoxy) is 9. The molecule has 0 spiro atoms. The molecule has 0 aromatic heterocycles. The van der Waals surface area contributed by atoms with Crippen molar-refractivity contribution in [2.45, 2.75) is 0 Å². The Hall–Kier alpha value is -6.28. The van der Waals surface area contributed by atoms with Crippen molar-refractivity contribution in [3.63, 3.8) is 0 Å². The molecule has 0 aliphatic rings. The Morgan fingerprint density at radius 3 is 0.912 bits per heavy atom. The van der Waals surface area contributed by atoms with Crippen LogP contribution in [-0.2, 0) is 57.0 Å². The van der Waals surface area contributed by atoms with Crippen LogP contribution in [0.25, 0.3) is 0 Å². The topological polar surface area (TPSA) is 290 Å². The molecule has 3 aromatic carbocycles. The molecule has 0 aliphatic heterocycles. The molecule has 19 heteroatoms. The summed E-state index contributed by atoms with van der Waals surface area (Å²) >= 11 is 0. The lowest BCUT2D eigenvalue weighted by atomic mass is 9.91. The van der Waals surface area contributed by atoms with Crippen LogP contribution in [0.1, 0.15) is 31.1 Å². The van der Waals surface area contributed by atoms with Crippen molar-refractivity contribution in [1.29, 1.82) is 0 Å². The van der Waals surface area contributed by atoms with Gasteiger partial charge in [-0.15, -0.1) is 0 Å². The molecule has 19 nitrogen and oxygen atoms in total. The van der Waals surface area contributed by atoms with Crippen LogP contribution in [0.3, 0.4) is 0 Å². The van der Waals surface area contributed by atoms with E-state index in [4.69, 9.17) is 65.6 Å². The van der Waals surface area contributed by atoms with Crippen molar-refractivity contribution < 1.29 is 71.4 Å². The monoisotopic (exact) mass is 798 g/mol. The molecule has 3 rings (SSSR count). The first-order valence-corrected chi connectivity index (χ1v) is 17.4. The molecule has 0 saturated heterocycles. The fourth-order valence-electron chi connectivity index (χ4n) is 4.28. The highest BCUT2D eigenvalue weighted by molar-refractivity contribution is 5.90. The standard InChI is InChI=1S/C38H46N4O15/c39-22-38(23-55-32(43)19-49-13-16-52-35(46)26-1-7-29(40)8-2-26,24-56-33(44)20-50-14-17-53-36(47)27-3-9-30(41)10-4-27)25-57-34(45)21-51-15-18-54-37(48)28-5-11-31(42)12-6-28/h1-12H,13-25,39-42H2. The predicted octanol–water partition coefficient (Wildman–Crippen LogP) is 0.929. The second kappa shape index (κ2) is 24.3. The van der Waals surface area contributed by atoms with Crippen LogP contribution in [0.5, 0.6) is 0 Å². The third-order valence-electron chi connectivity index (χ3n) is 7.53. The SMILES string of the molecule is NCC(COC(=O)COCCOC(=O)c1ccc(N)cc1)(COC(=O)COCCOC(=O)c1ccc(N)cc1)COC(=O)COCCOC(=O)c1ccc(N)cc1. The number of anilines is 3. The molecule has 0 fully saturated rings. The van der Waals surface area contributed by atoms with Gasteiger partial charge in [0.1, 0.15) is 59.5 Å². The van der Waals surface area contributed by atoms with Crippen LogP contribution in [-0.4, -0.2) is 122 Å². The van der Waals surface area contributed by atoms with Crippen LogP contribution in [0, 0.1) is 5.41 Å². The highest BCUT2D eigenvalue weighted by atomic mass is 16.6. The molecule has 0 amide bonds. The summed E-state index contributed by atoms with van der Waals surface area (Å²) in [6, 6.07) is 18.3. The van der Waals surface area contributed by atoms with Gasteiger partial charge in [0.15, 0.2) is 0 Å². The summed E-state index contributed by atoms with van der Waals surface area (Å²) in [5.74, 6) is -4.35. The summed E-state index contributed by atoms with van der Waals surface area (Å²) in [4.78, 5) is 73.8. The number of carbonyl (C=O) groups excluding carboxylic acids is 6. The Balaban J connectivity index is 1.43. The maximum Gasteiger partial charge on any atom is 0.338 e. The number of carbonyl (C=O) groups is 6. The number of nitrogen functional groups attached to an aromatic ring is 3. The molecule has 0 heterocycles. The van der Waals surface area contributed by atoms with E-state index in [1.807, 2.05) is 0 Å². The molecule has 0 unspecified atom stereocenters. The molecular formula is C38H46N4O15. The average molecular weight is 799 g/mol. The molecule has 0 aliphatic carbocycles. The predicted molar refractivity (Wildman–Crippen MR) is 200 cm³/mol. The maximum atomic E-state index is 12.5. The zero-order valence-electron chi connectivity index (χ0n) is 31.1. The second-order valence-corrected chi connectivity index (χ2v) is 12.1. The average Bonchev–Trinajstić information content (AvgIpc) is 3.20. The van der Waals surface area contributed by atoms with Gasteiger partial charge in [-0.1, -0.05) is 0 Å². The van der Waals surface area contributed by atoms with Gasteiger partial charge < -0.3 is 65.6 Å². The van der Waals surface area contributed by atoms with E-state index in [1.165, 1.54) is 36.4 Å². The van der Waals surface area contributed by atoms with Gasteiger partial charge in [0.05, 0.1) is 41.9 Å². The minimum Gasteiger partial charge on any atom is -0.463 e. The van der Waals surface area contributed by atoms with Crippen LogP contribution in [0.15, 0.2) is 72.8 Å². The van der Waals surface area contributed by atoms with E-state index < -0.39 is 80.9 Å². The number of esters is 6. The highest BCUT2D eigenvalue weighted by Crippen LogP contribution is 2.19. The lowest BCUT2D eigenvalue weighted by Crippen LogP contribution is -2.46. The van der Waals surface area contributed by atoms with Crippen molar-refractivity contribution >= 4 is 52.9 Å². The maximum absolute atomic E-state index is 12.5. The van der Waals surface area contributed by atoms with Crippen LogP contribution in [0.2, 0.25) is 0 Å². The van der Waals surface area contributed by atoms with Gasteiger partial charge in [-0.3, -0.25) is 0 Å². The van der Waals surface area contributed by atoms with Gasteiger partial charge >= 0.3 is 35.8 Å². The number of benzene rings is 3. The summed E-state index contributed by atoms with van der Waals surface area (Å²) in [7, 11) is 0. The number of nitrogens with two attached hydrogens (primary N) is 4. The fraction of sp³-hybridized carbons (Fsp3) is 0.368. The largest absolute Gasteiger partial charge is 0.463 e. The molecule has 8 N–H and O–H groups in total. The minimum absolute atomic E-state index is 0.131. The molecular weight excluding hydrogens is 752 g/mol. The van der Waals surface area contributed by atoms with Gasteiger partial charge in [0, 0.05) is 23.6 Å². The fourth-order valence-corrected chi connectivity index (χ4v) is 4.28. The first-order valence-electron chi connectivity index (χ1n) is 17.4. The van der Waals surface area contributed by atoms with E-state index in [-0.39, 0.29) is 62.9 Å². The third kappa shape index (κ3) is 17.4. The lowest BCUT2D eigenvalue weighted by molar-refractivity contribution is -0.166. The summed E-state index contributed by atoms with van der Waals surface area (Å²) < 4.78 is 46.9. The van der Waals surface area contributed by atoms with E-state index in [2.05, 4.69) is 0 Å². The first kappa shape index (κ1) is 45.1. The first-order chi connectivity index (χ1) is 27.4. The zero-order valence-corrected chi connectivity index (χ0v) is 31.1. The van der Waals surface area contributed by atoms with Crippen molar-refractivity contribution in [1.82, 2.24) is 0 Å². The van der Waals surface area contributed by atoms with Gasteiger partial charge in [-0.05, 0) is 72.8 Å². The van der Waals surface area contributed by atoms with Gasteiger partial charge in [0.2, 0.25) is 0 Å². The Labute approximate surface area is 327 Å². The summed E-state index contributed by atoms with van der Waals surface area (Å²) in [6.07, 6.45) is 0. The molecule has 0 bridgehead atoms. The number of hydrogen-bond acceptors (Lipinski definition) is 19. The van der Waals surface area contributed by atoms with E-state index in [0.717, 1.165) is 0 Å². The van der Waals surface area contributed by atoms with E-state index in [9.17, 15) is 28.8 Å². The van der Waals surface area contributed by atoms with Crippen molar-refractivity contribution in [3.05, 3.63) is 89.5 Å². The Kier molecular flexibility index (Phi) is 19.2. The van der Waals surface area contributed by atoms with Gasteiger partial charge in [0.25, 0.3) is 0 Å². The third-order valence-corrected chi connectivity index (χ3v) is 7.53. The molecule has 0 radical (unpaired) electrons. The summed E-state index contributed by atoms with van der Waals surface area (Å²) in [5, 5.41) is 0. The van der Waals surface area contributed by atoms with Crippen LogP contribution >= 0.6 is 0 Å². The van der Waals surface area contributed by atoms with Crippen LogP contribution in [0.4, 0.5) is 17.1 Å². The molecule has 3 aromatic rings. The highest BCUT2D eigenvalue weighted by Gasteiger charge is 2.35. The zero-order chi connectivity index (χ0) is 41.5. The lowest BCUT2D eigenvalue weighted by Gasteiger charge is -2.30. The normalized spacial score (nSPS) is 10.9. The molecule has 0 atom stereocenters. The van der Waals surface area contributed by atoms with Crippen LogP contribution < -0.4 is 22.9 Å². The van der Waals surface area contributed by atoms with E-state index in [1.54, 1.807) is 36.4 Å². The van der Waals surface area contributed by atoms with Gasteiger partial charge in [-0.25, -0.2) is 28.8 Å². The second-order valence-electron chi connectivity index (χ2n) is 12.1. The Morgan fingerprint density at radius 1 is 0.404 bits per heavy atom. The quantitative estimate of drug-likeness (QED) is 0.0401. The Morgan fingerprint density at radius 2 is 0.667 bits per heavy atom. The van der Waals surface area contributed by atoms with E-state index >= 15 is 0 Å². The number of hydrogen-bond donors (Lipinski definition) is 4. The Bertz CT molecular complexity index is 1550. The molecule has 308 valence electrons.